The van der Waals surface area contributed by atoms with Gasteiger partial charge in [0.2, 0.25) is 0 Å². The standard InChI is InChI=1S/C43H29NO/c1-26-12-13-31-25-39-37(24-32(31)22-26)36-20-16-28-6-2-3-9-34(28)43(36)44(39)33-18-14-27(15-19-33)30-17-21-40-38(23-30)35-10-4-7-29-8-5-11-41(45-40)42(29)35/h2-21,23-26H,22H2,1H3. The fourth-order valence-electron chi connectivity index (χ4n) is 7.71. The second-order valence-corrected chi connectivity index (χ2v) is 12.6. The zero-order valence-corrected chi connectivity index (χ0v) is 24.9. The first-order valence-corrected chi connectivity index (χ1v) is 15.8. The van der Waals surface area contributed by atoms with E-state index in [0.717, 1.165) is 23.5 Å². The lowest BCUT2D eigenvalue weighted by Crippen LogP contribution is -2.03. The summed E-state index contributed by atoms with van der Waals surface area (Å²) in [5.74, 6) is 2.40. The highest BCUT2D eigenvalue weighted by atomic mass is 16.5. The molecule has 1 aliphatic heterocycles. The molecular formula is C43H29NO. The van der Waals surface area contributed by atoms with Crippen molar-refractivity contribution in [1.82, 2.24) is 4.57 Å². The second-order valence-electron chi connectivity index (χ2n) is 12.6. The van der Waals surface area contributed by atoms with Crippen LogP contribution < -0.4 is 4.74 Å². The van der Waals surface area contributed by atoms with E-state index in [1.807, 2.05) is 0 Å². The molecule has 0 radical (unpaired) electrons. The second kappa shape index (κ2) is 9.20. The molecule has 0 saturated carbocycles. The van der Waals surface area contributed by atoms with E-state index in [0.29, 0.717) is 5.92 Å². The van der Waals surface area contributed by atoms with Crippen molar-refractivity contribution < 1.29 is 4.74 Å². The van der Waals surface area contributed by atoms with Crippen LogP contribution in [0, 0.1) is 5.92 Å². The minimum absolute atomic E-state index is 0.564. The average Bonchev–Trinajstić information content (AvgIpc) is 3.41. The maximum atomic E-state index is 6.36. The summed E-state index contributed by atoms with van der Waals surface area (Å²) < 4.78 is 8.84. The molecule has 0 bridgehead atoms. The normalized spacial score (nSPS) is 15.0. The average molecular weight is 576 g/mol. The monoisotopic (exact) mass is 575 g/mol. The molecule has 0 amide bonds. The van der Waals surface area contributed by atoms with Crippen LogP contribution in [0.5, 0.6) is 11.5 Å². The molecule has 1 aromatic heterocycles. The summed E-state index contributed by atoms with van der Waals surface area (Å²) in [5.41, 5.74) is 11.2. The van der Waals surface area contributed by atoms with Crippen molar-refractivity contribution in [3.05, 3.63) is 145 Å². The number of aromatic nitrogens is 1. The fraction of sp³-hybridized carbons (Fsp3) is 0.0698. The topological polar surface area (TPSA) is 14.2 Å². The summed E-state index contributed by atoms with van der Waals surface area (Å²) >= 11 is 0. The largest absolute Gasteiger partial charge is 0.456 e. The van der Waals surface area contributed by atoms with Gasteiger partial charge in [0, 0.05) is 32.8 Å². The zero-order chi connectivity index (χ0) is 29.6. The maximum Gasteiger partial charge on any atom is 0.135 e. The Balaban J connectivity index is 1.15. The molecular weight excluding hydrogens is 546 g/mol. The third-order valence-corrected chi connectivity index (χ3v) is 9.87. The highest BCUT2D eigenvalue weighted by Gasteiger charge is 2.21. The van der Waals surface area contributed by atoms with Gasteiger partial charge in [-0.15, -0.1) is 0 Å². The molecule has 45 heavy (non-hydrogen) atoms. The quantitative estimate of drug-likeness (QED) is 0.200. The lowest BCUT2D eigenvalue weighted by molar-refractivity contribution is 0.487. The Morgan fingerprint density at radius 1 is 0.622 bits per heavy atom. The van der Waals surface area contributed by atoms with Crippen molar-refractivity contribution >= 4 is 49.4 Å². The molecule has 1 unspecified atom stereocenters. The van der Waals surface area contributed by atoms with Gasteiger partial charge in [-0.2, -0.15) is 0 Å². The summed E-state index contributed by atoms with van der Waals surface area (Å²) in [6.45, 7) is 2.30. The van der Waals surface area contributed by atoms with Crippen LogP contribution in [-0.2, 0) is 6.42 Å². The molecule has 2 nitrogen and oxygen atoms in total. The minimum Gasteiger partial charge on any atom is -0.456 e. The van der Waals surface area contributed by atoms with E-state index in [2.05, 4.69) is 151 Å². The van der Waals surface area contributed by atoms with Crippen LogP contribution >= 0.6 is 0 Å². The van der Waals surface area contributed by atoms with Gasteiger partial charge in [-0.25, -0.2) is 0 Å². The molecule has 212 valence electrons. The van der Waals surface area contributed by atoms with E-state index in [1.165, 1.54) is 76.9 Å². The molecule has 0 saturated heterocycles. The molecule has 0 spiro atoms. The Morgan fingerprint density at radius 2 is 1.44 bits per heavy atom. The summed E-state index contributed by atoms with van der Waals surface area (Å²) in [6.07, 6.45) is 5.74. The van der Waals surface area contributed by atoms with E-state index in [4.69, 9.17) is 4.74 Å². The summed E-state index contributed by atoms with van der Waals surface area (Å²) in [6, 6.07) is 46.6. The lowest BCUT2D eigenvalue weighted by Gasteiger charge is -2.22. The van der Waals surface area contributed by atoms with Gasteiger partial charge >= 0.3 is 0 Å². The van der Waals surface area contributed by atoms with E-state index < -0.39 is 0 Å². The van der Waals surface area contributed by atoms with Crippen LogP contribution in [0.1, 0.15) is 18.1 Å². The van der Waals surface area contributed by atoms with Gasteiger partial charge < -0.3 is 9.30 Å². The van der Waals surface area contributed by atoms with Gasteiger partial charge in [0.15, 0.2) is 0 Å². The maximum absolute atomic E-state index is 6.36. The summed E-state index contributed by atoms with van der Waals surface area (Å²) in [7, 11) is 0. The number of fused-ring (bicyclic) bond motifs is 8. The van der Waals surface area contributed by atoms with Gasteiger partial charge in [-0.05, 0) is 93.4 Å². The molecule has 1 aliphatic carbocycles. The van der Waals surface area contributed by atoms with Gasteiger partial charge in [0.05, 0.1) is 11.0 Å². The lowest BCUT2D eigenvalue weighted by atomic mass is 9.89. The Bertz CT molecular complexity index is 2540. The first-order chi connectivity index (χ1) is 22.2. The third kappa shape index (κ3) is 3.63. The Labute approximate surface area is 261 Å². The number of hydrogen-bond donors (Lipinski definition) is 0. The van der Waals surface area contributed by atoms with Gasteiger partial charge in [-0.1, -0.05) is 104 Å². The van der Waals surface area contributed by atoms with Crippen molar-refractivity contribution in [3.63, 3.8) is 0 Å². The molecule has 2 heterocycles. The van der Waals surface area contributed by atoms with Crippen molar-refractivity contribution in [2.24, 2.45) is 5.92 Å². The van der Waals surface area contributed by atoms with Crippen LogP contribution in [0.4, 0.5) is 0 Å². The summed E-state index contributed by atoms with van der Waals surface area (Å²) in [4.78, 5) is 0. The van der Waals surface area contributed by atoms with Crippen LogP contribution in [-0.4, -0.2) is 4.57 Å². The molecule has 2 heteroatoms. The van der Waals surface area contributed by atoms with Crippen molar-refractivity contribution in [2.75, 3.05) is 0 Å². The number of allylic oxidation sites excluding steroid dienone is 1. The van der Waals surface area contributed by atoms with Crippen molar-refractivity contribution in [3.8, 4) is 39.4 Å². The first-order valence-electron chi connectivity index (χ1n) is 15.8. The molecule has 2 aliphatic rings. The Kier molecular flexibility index (Phi) is 5.07. The fourth-order valence-corrected chi connectivity index (χ4v) is 7.71. The van der Waals surface area contributed by atoms with Crippen LogP contribution in [0.15, 0.2) is 133 Å². The number of hydrogen-bond acceptors (Lipinski definition) is 1. The molecule has 10 rings (SSSR count). The Hall–Kier alpha value is -5.60. The van der Waals surface area contributed by atoms with E-state index >= 15 is 0 Å². The first kappa shape index (κ1) is 24.8. The predicted octanol–water partition coefficient (Wildman–Crippen LogP) is 11.7. The van der Waals surface area contributed by atoms with Crippen LogP contribution in [0.2, 0.25) is 0 Å². The molecule has 0 N–H and O–H groups in total. The number of rotatable bonds is 2. The van der Waals surface area contributed by atoms with E-state index in [1.54, 1.807) is 0 Å². The minimum atomic E-state index is 0.564. The van der Waals surface area contributed by atoms with Crippen molar-refractivity contribution in [1.29, 1.82) is 0 Å². The van der Waals surface area contributed by atoms with Crippen molar-refractivity contribution in [2.45, 2.75) is 13.3 Å². The third-order valence-electron chi connectivity index (χ3n) is 9.87. The zero-order valence-electron chi connectivity index (χ0n) is 24.9. The smallest absolute Gasteiger partial charge is 0.135 e. The highest BCUT2D eigenvalue weighted by molar-refractivity contribution is 6.19. The predicted molar refractivity (Wildman–Crippen MR) is 189 cm³/mol. The SMILES string of the molecule is CC1C=Cc2cc3c(cc2C1)c1ccc2ccccc2c1n3-c1ccc(-c2ccc3c(c2)-c2cccc4cccc(c24)O3)cc1. The van der Waals surface area contributed by atoms with Crippen LogP contribution in [0.3, 0.4) is 0 Å². The van der Waals surface area contributed by atoms with Gasteiger partial charge in [-0.3, -0.25) is 0 Å². The highest BCUT2D eigenvalue weighted by Crippen LogP contribution is 2.47. The molecule has 1 atom stereocenters. The summed E-state index contributed by atoms with van der Waals surface area (Å²) in [5, 5.41) is 7.56. The van der Waals surface area contributed by atoms with E-state index in [-0.39, 0.29) is 0 Å². The molecule has 0 fully saturated rings. The van der Waals surface area contributed by atoms with Gasteiger partial charge in [0.25, 0.3) is 0 Å². The number of benzene rings is 7. The van der Waals surface area contributed by atoms with Gasteiger partial charge in [0.1, 0.15) is 11.5 Å². The van der Waals surface area contributed by atoms with Crippen LogP contribution in [0.25, 0.3) is 77.4 Å². The van der Waals surface area contributed by atoms with E-state index in [9.17, 15) is 0 Å². The molecule has 8 aromatic rings. The number of ether oxygens (including phenoxy) is 1. The Morgan fingerprint density at radius 3 is 2.36 bits per heavy atom. The number of nitrogens with zero attached hydrogens (tertiary/aromatic N) is 1. The molecule has 7 aromatic carbocycles.